The van der Waals surface area contributed by atoms with E-state index in [1.807, 2.05) is 6.07 Å². The van der Waals surface area contributed by atoms with Gasteiger partial charge in [0.15, 0.2) is 11.4 Å². The van der Waals surface area contributed by atoms with Crippen LogP contribution in [0.5, 0.6) is 0 Å². The number of benzene rings is 1. The Bertz CT molecular complexity index is 2010. The van der Waals surface area contributed by atoms with E-state index < -0.39 is 16.4 Å². The van der Waals surface area contributed by atoms with Crippen LogP contribution in [0.2, 0.25) is 0 Å². The molecule has 0 amide bonds. The number of nitrogens with zero attached hydrogens (tertiary/aromatic N) is 2. The van der Waals surface area contributed by atoms with Gasteiger partial charge in [-0.2, -0.15) is 0 Å². The molecule has 8 nitrogen and oxygen atoms in total. The molecule has 2 saturated carbocycles. The van der Waals surface area contributed by atoms with Crippen molar-refractivity contribution < 1.29 is 24.2 Å². The number of carbonyl (C=O) groups excluding carboxylic acids is 2. The molecule has 13 aliphatic rings. The van der Waals surface area contributed by atoms with Crippen LogP contribution in [-0.2, 0) is 26.3 Å². The van der Waals surface area contributed by atoms with Crippen molar-refractivity contribution in [3.63, 3.8) is 0 Å². The Morgan fingerprint density at radius 2 is 1.91 bits per heavy atom. The van der Waals surface area contributed by atoms with Gasteiger partial charge < -0.3 is 25.2 Å². The number of nitrogens with two attached hydrogens (primary N) is 1. The Morgan fingerprint density at radius 1 is 1.05 bits per heavy atom. The summed E-state index contributed by atoms with van der Waals surface area (Å²) in [4.78, 5) is 35.4. The molecule has 11 atom stereocenters. The highest BCUT2D eigenvalue weighted by Gasteiger charge is 2.91. The maximum absolute atomic E-state index is 15.3. The molecule has 8 heteroatoms. The Morgan fingerprint density at radius 3 is 2.74 bits per heavy atom. The van der Waals surface area contributed by atoms with Crippen LogP contribution in [-0.4, -0.2) is 65.1 Å². The molecule has 5 fully saturated rings. The molecule has 9 aliphatic heterocycles. The minimum Gasteiger partial charge on any atom is -0.509 e. The van der Waals surface area contributed by atoms with E-state index in [1.54, 1.807) is 0 Å². The maximum Gasteiger partial charge on any atom is 0.339 e. The largest absolute Gasteiger partial charge is 0.509 e. The van der Waals surface area contributed by atoms with Gasteiger partial charge in [0.25, 0.3) is 0 Å². The third-order valence-corrected chi connectivity index (χ3v) is 17.3. The lowest BCUT2D eigenvalue weighted by Crippen LogP contribution is -2.75. The predicted molar refractivity (Wildman–Crippen MR) is 219 cm³/mol. The Balaban J connectivity index is 1.14. The molecule has 9 heterocycles. The van der Waals surface area contributed by atoms with Crippen molar-refractivity contribution in [2.75, 3.05) is 26.2 Å². The van der Waals surface area contributed by atoms with Gasteiger partial charge in [-0.05, 0) is 99.1 Å². The molecule has 3 N–H and O–H groups in total. The number of allylic oxidation sites excluding steroid dienone is 3. The highest BCUT2D eigenvalue weighted by atomic mass is 16.6. The molecule has 0 aromatic heterocycles. The Hall–Kier alpha value is -3.36. The zero-order valence-corrected chi connectivity index (χ0v) is 34.3. The molecule has 304 valence electrons. The monoisotopic (exact) mass is 773 g/mol. The van der Waals surface area contributed by atoms with E-state index in [-0.39, 0.29) is 35.6 Å². The molecule has 14 rings (SSSR count). The third kappa shape index (κ3) is 4.86. The van der Waals surface area contributed by atoms with Crippen molar-refractivity contribution in [3.8, 4) is 0 Å². The van der Waals surface area contributed by atoms with Crippen LogP contribution >= 0.6 is 0 Å². The first kappa shape index (κ1) is 36.7. The molecule has 4 aliphatic carbocycles. The van der Waals surface area contributed by atoms with Crippen molar-refractivity contribution in [1.29, 1.82) is 0 Å². The summed E-state index contributed by atoms with van der Waals surface area (Å²) in [6, 6.07) is 6.73. The van der Waals surface area contributed by atoms with Gasteiger partial charge in [0.05, 0.1) is 17.0 Å². The van der Waals surface area contributed by atoms with E-state index in [4.69, 9.17) is 15.2 Å². The van der Waals surface area contributed by atoms with Gasteiger partial charge in [-0.3, -0.25) is 9.69 Å². The second kappa shape index (κ2) is 13.3. The van der Waals surface area contributed by atoms with Crippen LogP contribution in [0.15, 0.2) is 64.8 Å². The van der Waals surface area contributed by atoms with E-state index in [0.717, 1.165) is 69.3 Å². The summed E-state index contributed by atoms with van der Waals surface area (Å²) in [5.41, 5.74) is 9.70. The van der Waals surface area contributed by atoms with Gasteiger partial charge in [-0.25, -0.2) is 4.79 Å². The van der Waals surface area contributed by atoms with Gasteiger partial charge in [-0.15, -0.1) is 0 Å². The van der Waals surface area contributed by atoms with Gasteiger partial charge in [0.2, 0.25) is 0 Å². The average Bonchev–Trinajstić information content (AvgIpc) is 3.67. The van der Waals surface area contributed by atoms with Crippen LogP contribution in [0.3, 0.4) is 0 Å². The molecular formula is C49H63N3O5. The van der Waals surface area contributed by atoms with Crippen molar-refractivity contribution in [2.45, 2.75) is 134 Å². The van der Waals surface area contributed by atoms with Gasteiger partial charge in [0, 0.05) is 55.2 Å². The van der Waals surface area contributed by atoms with Crippen molar-refractivity contribution >= 4 is 11.9 Å². The number of esters is 2. The summed E-state index contributed by atoms with van der Waals surface area (Å²) in [5.74, 6) is 2.28. The Labute approximate surface area is 339 Å². The van der Waals surface area contributed by atoms with Crippen molar-refractivity contribution in [1.82, 2.24) is 9.80 Å². The van der Waals surface area contributed by atoms with E-state index in [1.165, 1.54) is 55.4 Å². The molecule has 0 radical (unpaired) electrons. The number of hydrogen-bond donors (Lipinski definition) is 2. The summed E-state index contributed by atoms with van der Waals surface area (Å²) in [7, 11) is 0. The SMILES string of the molecule is CCC[C@@H]1[C@@]2(OC(=O)c3c(CCCN)cccc32)[C@@]23CCC4=C[C@@]12C(=O)O/C3=C(\O)C[C@@H](CC1CCCCC1)N1C[C@H]2C[C@@H](C1)[C@@H]1C=CC3=C([C@H]4C[C@@H](C)C3)N1C2. The topological polar surface area (TPSA) is 105 Å². The van der Waals surface area contributed by atoms with Crippen LogP contribution in [0, 0.1) is 46.3 Å². The van der Waals surface area contributed by atoms with Crippen LogP contribution in [0.25, 0.3) is 0 Å². The summed E-state index contributed by atoms with van der Waals surface area (Å²) in [5, 5.41) is 12.9. The van der Waals surface area contributed by atoms with Crippen LogP contribution in [0.1, 0.15) is 132 Å². The molecule has 57 heavy (non-hydrogen) atoms. The standard InChI is InChI=1S/C49H63N3O5/c1-3-9-41-47-25-34-17-18-48(47,49(41)38-14-7-12-32(13-8-19-50)42(38)45(54)57-49)44(56-46(47)55)40(53)24-36(23-30-10-5-4-6-11-30)51-26-31-22-35(28-51)39-16-15-33-20-29(2)21-37(34)43(33)52(39)27-31/h7,12,14-16,25,29-31,35-37,39,41,53H,3-6,8-11,13,17-24,26-28,50H2,1-2H3/b44-40-/t29-,31+,35-,36+,37-,39-,41-,47-,48+,49+/m0/s1. The van der Waals surface area contributed by atoms with Gasteiger partial charge >= 0.3 is 11.9 Å². The summed E-state index contributed by atoms with van der Waals surface area (Å²) < 4.78 is 13.7. The highest BCUT2D eigenvalue weighted by Crippen LogP contribution is 2.85. The number of fused-ring (bicyclic) bond motifs is 2. The zero-order chi connectivity index (χ0) is 38.8. The van der Waals surface area contributed by atoms with Crippen molar-refractivity contribution in [3.05, 3.63) is 81.5 Å². The second-order valence-corrected chi connectivity index (χ2v) is 20.3. The number of aliphatic hydroxyl groups excluding tert-OH is 1. The normalized spacial score (nSPS) is 42.7. The average molecular weight is 774 g/mol. The summed E-state index contributed by atoms with van der Waals surface area (Å²) >= 11 is 0. The zero-order valence-electron chi connectivity index (χ0n) is 34.3. The third-order valence-electron chi connectivity index (χ3n) is 17.3. The molecule has 10 bridgehead atoms. The molecule has 3 saturated heterocycles. The van der Waals surface area contributed by atoms with Crippen LogP contribution < -0.4 is 5.73 Å². The molecule has 2 spiro atoms. The van der Waals surface area contributed by atoms with E-state index >= 15 is 4.79 Å². The fourth-order valence-corrected chi connectivity index (χ4v) is 15.3. The van der Waals surface area contributed by atoms with Crippen LogP contribution in [0.4, 0.5) is 0 Å². The number of piperidine rings is 2. The quantitative estimate of drug-likeness (QED) is 0.210. The van der Waals surface area contributed by atoms with Crippen molar-refractivity contribution in [2.24, 2.45) is 52.1 Å². The fraction of sp³-hybridized carbons (Fsp3) is 0.673. The lowest BCUT2D eigenvalue weighted by molar-refractivity contribution is -0.272. The Kier molecular flexibility index (Phi) is 8.58. The fourth-order valence-electron chi connectivity index (χ4n) is 15.3. The minimum atomic E-state index is -1.11. The van der Waals surface area contributed by atoms with Gasteiger partial charge in [-0.1, -0.05) is 94.4 Å². The van der Waals surface area contributed by atoms with E-state index in [2.05, 4.69) is 54.0 Å². The predicted octanol–water partition coefficient (Wildman–Crippen LogP) is 8.63. The number of ether oxygens (including phenoxy) is 2. The summed E-state index contributed by atoms with van der Waals surface area (Å²) in [6.45, 7) is 8.28. The number of carbonyl (C=O) groups is 2. The molecular weight excluding hydrogens is 711 g/mol. The molecule has 1 aromatic rings. The first-order chi connectivity index (χ1) is 27.7. The lowest BCUT2D eigenvalue weighted by Gasteiger charge is -2.69. The molecule has 1 unspecified atom stereocenters. The van der Waals surface area contributed by atoms with E-state index in [9.17, 15) is 9.90 Å². The maximum atomic E-state index is 15.3. The second-order valence-electron chi connectivity index (χ2n) is 20.3. The number of aryl methyl sites for hydroxylation is 1. The first-order valence-corrected chi connectivity index (χ1v) is 23.1. The smallest absolute Gasteiger partial charge is 0.339 e. The lowest BCUT2D eigenvalue weighted by atomic mass is 9.31. The van der Waals surface area contributed by atoms with E-state index in [0.29, 0.717) is 73.3 Å². The molecule has 1 aromatic carbocycles. The summed E-state index contributed by atoms with van der Waals surface area (Å²) in [6.07, 6.45) is 23.1. The number of hydrogen-bond acceptors (Lipinski definition) is 8. The number of rotatable bonds is 7. The number of aliphatic hydroxyl groups is 1. The minimum absolute atomic E-state index is 0.150. The highest BCUT2D eigenvalue weighted by molar-refractivity contribution is 5.99. The first-order valence-electron chi connectivity index (χ1n) is 23.1. The van der Waals surface area contributed by atoms with Gasteiger partial charge in [0.1, 0.15) is 11.2 Å².